The number of carbonyl (C=O) groups excluding carboxylic acids is 3. The van der Waals surface area contributed by atoms with E-state index in [4.69, 9.17) is 0 Å². The lowest BCUT2D eigenvalue weighted by atomic mass is 10.1. The number of urea groups is 1. The Labute approximate surface area is 161 Å². The van der Waals surface area contributed by atoms with Gasteiger partial charge >= 0.3 is 6.03 Å². The van der Waals surface area contributed by atoms with Crippen LogP contribution in [-0.2, 0) is 22.7 Å². The summed E-state index contributed by atoms with van der Waals surface area (Å²) in [5, 5.41) is 2.89. The van der Waals surface area contributed by atoms with Gasteiger partial charge in [0.05, 0.1) is 0 Å². The van der Waals surface area contributed by atoms with Crippen molar-refractivity contribution in [3.8, 4) is 0 Å². The first kappa shape index (κ1) is 20.9. The molecule has 1 aromatic rings. The lowest BCUT2D eigenvalue weighted by Crippen LogP contribution is -2.33. The molecular formula is C20H30N4O3. The molecule has 0 spiro atoms. The molecule has 27 heavy (non-hydrogen) atoms. The monoisotopic (exact) mass is 374 g/mol. The van der Waals surface area contributed by atoms with E-state index in [1.807, 2.05) is 12.1 Å². The molecule has 0 aliphatic carbocycles. The Kier molecular flexibility index (Phi) is 7.79. The predicted molar refractivity (Wildman–Crippen MR) is 104 cm³/mol. The SMILES string of the molecule is CCN(CC)Cc1ccc(CNC(=O)CCCN2C(=O)CN(C)C2=O)cc1. The highest BCUT2D eigenvalue weighted by molar-refractivity contribution is 6.01. The summed E-state index contributed by atoms with van der Waals surface area (Å²) < 4.78 is 0. The maximum absolute atomic E-state index is 12.0. The number of carbonyl (C=O) groups is 3. The fourth-order valence-electron chi connectivity index (χ4n) is 3.04. The molecule has 1 aliphatic heterocycles. The molecule has 0 atom stereocenters. The van der Waals surface area contributed by atoms with Crippen LogP contribution in [-0.4, -0.2) is 65.8 Å². The molecule has 148 valence electrons. The van der Waals surface area contributed by atoms with Gasteiger partial charge in [-0.05, 0) is 30.6 Å². The Morgan fingerprint density at radius 2 is 1.74 bits per heavy atom. The van der Waals surface area contributed by atoms with Crippen LogP contribution in [0.5, 0.6) is 0 Å². The number of imide groups is 1. The number of hydrogen-bond acceptors (Lipinski definition) is 4. The molecule has 1 fully saturated rings. The Balaban J connectivity index is 1.69. The second-order valence-corrected chi connectivity index (χ2v) is 6.84. The van der Waals surface area contributed by atoms with Gasteiger partial charge in [0.15, 0.2) is 0 Å². The van der Waals surface area contributed by atoms with Crippen molar-refractivity contribution in [1.82, 2.24) is 20.0 Å². The van der Waals surface area contributed by atoms with Crippen LogP contribution < -0.4 is 5.32 Å². The molecule has 0 radical (unpaired) electrons. The minimum Gasteiger partial charge on any atom is -0.352 e. The normalized spacial score (nSPS) is 14.4. The number of rotatable bonds is 10. The van der Waals surface area contributed by atoms with Crippen molar-refractivity contribution in [3.05, 3.63) is 35.4 Å². The minimum absolute atomic E-state index is 0.0744. The number of likely N-dealkylation sites (N-methyl/N-ethyl adjacent to an activating group) is 1. The van der Waals surface area contributed by atoms with Gasteiger partial charge in [0.1, 0.15) is 6.54 Å². The molecular weight excluding hydrogens is 344 g/mol. The zero-order chi connectivity index (χ0) is 19.8. The number of hydrogen-bond donors (Lipinski definition) is 1. The summed E-state index contributed by atoms with van der Waals surface area (Å²) in [7, 11) is 1.60. The van der Waals surface area contributed by atoms with E-state index in [0.29, 0.717) is 19.4 Å². The smallest absolute Gasteiger partial charge is 0.326 e. The zero-order valence-electron chi connectivity index (χ0n) is 16.5. The molecule has 1 heterocycles. The van der Waals surface area contributed by atoms with E-state index < -0.39 is 0 Å². The number of nitrogens with zero attached hydrogens (tertiary/aromatic N) is 3. The fraction of sp³-hybridized carbons (Fsp3) is 0.550. The van der Waals surface area contributed by atoms with Crippen molar-refractivity contribution in [2.75, 3.05) is 33.2 Å². The molecule has 0 saturated carbocycles. The van der Waals surface area contributed by atoms with Crippen molar-refractivity contribution >= 4 is 17.8 Å². The van der Waals surface area contributed by atoms with Gasteiger partial charge in [-0.25, -0.2) is 4.79 Å². The van der Waals surface area contributed by atoms with Gasteiger partial charge in [-0.2, -0.15) is 0 Å². The Hall–Kier alpha value is -2.41. The van der Waals surface area contributed by atoms with E-state index in [0.717, 1.165) is 25.2 Å². The number of benzene rings is 1. The van der Waals surface area contributed by atoms with Crippen molar-refractivity contribution in [2.24, 2.45) is 0 Å². The first-order chi connectivity index (χ1) is 12.9. The summed E-state index contributed by atoms with van der Waals surface area (Å²) in [6.07, 6.45) is 0.765. The molecule has 0 unspecified atom stereocenters. The Bertz CT molecular complexity index is 656. The van der Waals surface area contributed by atoms with E-state index in [9.17, 15) is 14.4 Å². The summed E-state index contributed by atoms with van der Waals surface area (Å²) in [6, 6.07) is 7.99. The van der Waals surface area contributed by atoms with E-state index in [1.54, 1.807) is 7.05 Å². The van der Waals surface area contributed by atoms with Gasteiger partial charge in [0.2, 0.25) is 11.8 Å². The molecule has 2 rings (SSSR count). The van der Waals surface area contributed by atoms with E-state index in [2.05, 4.69) is 36.2 Å². The van der Waals surface area contributed by atoms with Gasteiger partial charge < -0.3 is 10.2 Å². The van der Waals surface area contributed by atoms with Crippen molar-refractivity contribution in [3.63, 3.8) is 0 Å². The molecule has 0 bridgehead atoms. The summed E-state index contributed by atoms with van der Waals surface area (Å²) in [4.78, 5) is 40.4. The first-order valence-corrected chi connectivity index (χ1v) is 9.56. The van der Waals surface area contributed by atoms with Gasteiger partial charge in [0, 0.05) is 33.1 Å². The molecule has 1 aliphatic rings. The highest BCUT2D eigenvalue weighted by Crippen LogP contribution is 2.10. The second kappa shape index (κ2) is 10.1. The highest BCUT2D eigenvalue weighted by Gasteiger charge is 2.32. The topological polar surface area (TPSA) is 73.0 Å². The molecule has 1 N–H and O–H groups in total. The lowest BCUT2D eigenvalue weighted by Gasteiger charge is -2.18. The Morgan fingerprint density at radius 1 is 1.11 bits per heavy atom. The summed E-state index contributed by atoms with van der Waals surface area (Å²) in [5.41, 5.74) is 2.32. The predicted octanol–water partition coefficient (Wildman–Crippen LogP) is 1.82. The van der Waals surface area contributed by atoms with Gasteiger partial charge in [0.25, 0.3) is 0 Å². The van der Waals surface area contributed by atoms with Crippen LogP contribution in [0, 0.1) is 0 Å². The van der Waals surface area contributed by atoms with E-state index in [-0.39, 0.29) is 30.9 Å². The molecule has 1 aromatic carbocycles. The van der Waals surface area contributed by atoms with E-state index in [1.165, 1.54) is 15.4 Å². The molecule has 0 aromatic heterocycles. The van der Waals surface area contributed by atoms with Crippen LogP contribution in [0.25, 0.3) is 0 Å². The summed E-state index contributed by atoms with van der Waals surface area (Å²) in [5.74, 6) is -0.276. The average molecular weight is 374 g/mol. The van der Waals surface area contributed by atoms with Crippen molar-refractivity contribution in [1.29, 1.82) is 0 Å². The van der Waals surface area contributed by atoms with Crippen LogP contribution in [0.2, 0.25) is 0 Å². The largest absolute Gasteiger partial charge is 0.352 e. The van der Waals surface area contributed by atoms with Crippen LogP contribution >= 0.6 is 0 Å². The average Bonchev–Trinajstić information content (AvgIpc) is 2.91. The number of nitrogens with one attached hydrogen (secondary N) is 1. The maximum atomic E-state index is 12.0. The third-order valence-corrected chi connectivity index (χ3v) is 4.83. The third kappa shape index (κ3) is 6.06. The van der Waals surface area contributed by atoms with E-state index >= 15 is 0 Å². The summed E-state index contributed by atoms with van der Waals surface area (Å²) >= 11 is 0. The van der Waals surface area contributed by atoms with Crippen LogP contribution in [0.4, 0.5) is 4.79 Å². The lowest BCUT2D eigenvalue weighted by molar-refractivity contribution is -0.126. The van der Waals surface area contributed by atoms with Crippen LogP contribution in [0.1, 0.15) is 37.8 Å². The van der Waals surface area contributed by atoms with Gasteiger partial charge in [-0.15, -0.1) is 0 Å². The minimum atomic E-state index is -0.287. The molecule has 7 heteroatoms. The fourth-order valence-corrected chi connectivity index (χ4v) is 3.04. The van der Waals surface area contributed by atoms with Crippen LogP contribution in [0.3, 0.4) is 0 Å². The van der Waals surface area contributed by atoms with Crippen molar-refractivity contribution < 1.29 is 14.4 Å². The number of amides is 4. The van der Waals surface area contributed by atoms with Gasteiger partial charge in [-0.1, -0.05) is 38.1 Å². The van der Waals surface area contributed by atoms with Crippen LogP contribution in [0.15, 0.2) is 24.3 Å². The first-order valence-electron chi connectivity index (χ1n) is 9.56. The summed E-state index contributed by atoms with van der Waals surface area (Å²) in [6.45, 7) is 8.18. The zero-order valence-corrected chi connectivity index (χ0v) is 16.5. The quantitative estimate of drug-likeness (QED) is 0.634. The third-order valence-electron chi connectivity index (χ3n) is 4.83. The van der Waals surface area contributed by atoms with Crippen molar-refractivity contribution in [2.45, 2.75) is 39.8 Å². The standard InChI is InChI=1S/C20H30N4O3/c1-4-23(5-2)14-17-10-8-16(9-11-17)13-21-18(25)7-6-12-24-19(26)15-22(3)20(24)27/h8-11H,4-7,12-15H2,1-3H3,(H,21,25). The highest BCUT2D eigenvalue weighted by atomic mass is 16.2. The molecule has 1 saturated heterocycles. The molecule has 4 amide bonds. The Morgan fingerprint density at radius 3 is 2.30 bits per heavy atom. The van der Waals surface area contributed by atoms with Gasteiger partial charge in [-0.3, -0.25) is 19.4 Å². The maximum Gasteiger partial charge on any atom is 0.326 e. The second-order valence-electron chi connectivity index (χ2n) is 6.84. The molecule has 7 nitrogen and oxygen atoms in total.